The summed E-state index contributed by atoms with van der Waals surface area (Å²) in [5.74, 6) is 0. The highest BCUT2D eigenvalue weighted by Gasteiger charge is 1.81. The standard InChI is InChI=1S/C10H14BrNO/c1-3-12-8-7-10(11)6-5-9-13-4-2/h3,5-8H,1,4,9H2,2H3/b6-5+,10-7+,12-8+. The Labute approximate surface area is 87.8 Å². The molecule has 0 atom stereocenters. The molecule has 0 saturated carbocycles. The van der Waals surface area contributed by atoms with Crippen molar-refractivity contribution in [3.05, 3.63) is 35.5 Å². The first-order chi connectivity index (χ1) is 6.31. The predicted molar refractivity (Wildman–Crippen MR) is 61.3 cm³/mol. The lowest BCUT2D eigenvalue weighted by atomic mass is 10.4. The Hall–Kier alpha value is -0.670. The highest BCUT2D eigenvalue weighted by molar-refractivity contribution is 9.11. The van der Waals surface area contributed by atoms with Gasteiger partial charge in [-0.2, -0.15) is 0 Å². The average Bonchev–Trinajstić information content (AvgIpc) is 2.13. The molecule has 0 spiro atoms. The normalized spacial score (nSPS) is 12.9. The van der Waals surface area contributed by atoms with Crippen LogP contribution in [0.15, 0.2) is 40.5 Å². The lowest BCUT2D eigenvalue weighted by Crippen LogP contribution is -1.87. The summed E-state index contributed by atoms with van der Waals surface area (Å²) in [6.45, 7) is 6.81. The summed E-state index contributed by atoms with van der Waals surface area (Å²) in [7, 11) is 0. The van der Waals surface area contributed by atoms with E-state index in [0.717, 1.165) is 11.1 Å². The van der Waals surface area contributed by atoms with Gasteiger partial charge in [0.2, 0.25) is 0 Å². The van der Waals surface area contributed by atoms with Gasteiger partial charge >= 0.3 is 0 Å². The van der Waals surface area contributed by atoms with E-state index in [2.05, 4.69) is 27.5 Å². The van der Waals surface area contributed by atoms with E-state index < -0.39 is 0 Å². The second-order valence-electron chi connectivity index (χ2n) is 2.09. The Kier molecular flexibility index (Phi) is 8.93. The number of ether oxygens (including phenoxy) is 1. The Morgan fingerprint density at radius 3 is 3.00 bits per heavy atom. The number of hydrogen-bond donors (Lipinski definition) is 0. The van der Waals surface area contributed by atoms with Gasteiger partial charge in [-0.1, -0.05) is 28.6 Å². The van der Waals surface area contributed by atoms with E-state index in [4.69, 9.17) is 4.74 Å². The maximum atomic E-state index is 5.12. The van der Waals surface area contributed by atoms with Crippen LogP contribution in [-0.4, -0.2) is 19.4 Å². The largest absolute Gasteiger partial charge is 0.378 e. The van der Waals surface area contributed by atoms with Crippen LogP contribution < -0.4 is 0 Å². The summed E-state index contributed by atoms with van der Waals surface area (Å²) in [6, 6.07) is 0. The molecule has 0 rings (SSSR count). The fourth-order valence-electron chi connectivity index (χ4n) is 0.577. The van der Waals surface area contributed by atoms with Crippen molar-refractivity contribution in [2.45, 2.75) is 6.92 Å². The molecule has 0 aromatic heterocycles. The van der Waals surface area contributed by atoms with Crippen LogP contribution in [0.1, 0.15) is 6.92 Å². The van der Waals surface area contributed by atoms with Crippen molar-refractivity contribution in [1.82, 2.24) is 0 Å². The van der Waals surface area contributed by atoms with Crippen LogP contribution in [0.4, 0.5) is 0 Å². The van der Waals surface area contributed by atoms with E-state index in [9.17, 15) is 0 Å². The van der Waals surface area contributed by atoms with Crippen molar-refractivity contribution < 1.29 is 4.74 Å². The molecule has 0 saturated heterocycles. The van der Waals surface area contributed by atoms with Gasteiger partial charge in [0.05, 0.1) is 6.61 Å². The van der Waals surface area contributed by atoms with E-state index in [1.807, 2.05) is 25.2 Å². The van der Waals surface area contributed by atoms with Crippen LogP contribution >= 0.6 is 15.9 Å². The van der Waals surface area contributed by atoms with Crippen LogP contribution in [0.25, 0.3) is 0 Å². The van der Waals surface area contributed by atoms with Gasteiger partial charge in [0, 0.05) is 23.5 Å². The minimum absolute atomic E-state index is 0.637. The molecule has 0 fully saturated rings. The Balaban J connectivity index is 3.76. The smallest absolute Gasteiger partial charge is 0.0650 e. The molecule has 0 aromatic carbocycles. The molecular formula is C10H14BrNO. The summed E-state index contributed by atoms with van der Waals surface area (Å²) in [4.78, 5) is 3.82. The van der Waals surface area contributed by atoms with E-state index in [-0.39, 0.29) is 0 Å². The van der Waals surface area contributed by atoms with E-state index in [1.54, 1.807) is 6.21 Å². The third-order valence-electron chi connectivity index (χ3n) is 1.12. The first-order valence-corrected chi connectivity index (χ1v) is 4.84. The molecule has 2 nitrogen and oxygen atoms in total. The highest BCUT2D eigenvalue weighted by atomic mass is 79.9. The van der Waals surface area contributed by atoms with Gasteiger partial charge in [-0.15, -0.1) is 0 Å². The Morgan fingerprint density at radius 1 is 1.62 bits per heavy atom. The van der Waals surface area contributed by atoms with Crippen molar-refractivity contribution in [1.29, 1.82) is 0 Å². The average molecular weight is 244 g/mol. The van der Waals surface area contributed by atoms with Crippen LogP contribution in [0, 0.1) is 0 Å². The second-order valence-corrected chi connectivity index (χ2v) is 3.01. The summed E-state index contributed by atoms with van der Waals surface area (Å²) in [5, 5.41) is 0. The number of nitrogens with zero attached hydrogens (tertiary/aromatic N) is 1. The second kappa shape index (κ2) is 9.42. The zero-order valence-corrected chi connectivity index (χ0v) is 9.33. The van der Waals surface area contributed by atoms with Crippen LogP contribution in [-0.2, 0) is 4.74 Å². The summed E-state index contributed by atoms with van der Waals surface area (Å²) in [6.07, 6.45) is 8.85. The molecule has 0 aliphatic heterocycles. The van der Waals surface area contributed by atoms with E-state index >= 15 is 0 Å². The predicted octanol–water partition coefficient (Wildman–Crippen LogP) is 3.07. The maximum Gasteiger partial charge on any atom is 0.0650 e. The van der Waals surface area contributed by atoms with Crippen molar-refractivity contribution >= 4 is 22.1 Å². The van der Waals surface area contributed by atoms with Crippen LogP contribution in [0.2, 0.25) is 0 Å². The number of aliphatic imine (C=N–C) groups is 1. The van der Waals surface area contributed by atoms with Crippen molar-refractivity contribution in [2.75, 3.05) is 13.2 Å². The third kappa shape index (κ3) is 9.24. The van der Waals surface area contributed by atoms with Gasteiger partial charge in [-0.25, -0.2) is 0 Å². The molecule has 0 bridgehead atoms. The van der Waals surface area contributed by atoms with Crippen LogP contribution in [0.3, 0.4) is 0 Å². The van der Waals surface area contributed by atoms with E-state index in [1.165, 1.54) is 6.20 Å². The van der Waals surface area contributed by atoms with Gasteiger partial charge in [-0.3, -0.25) is 4.99 Å². The number of rotatable bonds is 6. The van der Waals surface area contributed by atoms with Gasteiger partial charge in [0.25, 0.3) is 0 Å². The molecule has 0 amide bonds. The molecule has 3 heteroatoms. The molecule has 0 heterocycles. The monoisotopic (exact) mass is 243 g/mol. The molecule has 72 valence electrons. The van der Waals surface area contributed by atoms with Crippen molar-refractivity contribution in [3.63, 3.8) is 0 Å². The Bertz CT molecular complexity index is 219. The first kappa shape index (κ1) is 12.3. The van der Waals surface area contributed by atoms with E-state index in [0.29, 0.717) is 6.61 Å². The van der Waals surface area contributed by atoms with Crippen molar-refractivity contribution in [3.8, 4) is 0 Å². The Morgan fingerprint density at radius 2 is 2.38 bits per heavy atom. The minimum Gasteiger partial charge on any atom is -0.378 e. The van der Waals surface area contributed by atoms with Crippen molar-refractivity contribution in [2.24, 2.45) is 4.99 Å². The maximum absolute atomic E-state index is 5.12. The minimum atomic E-state index is 0.637. The SMILES string of the molecule is C=C/N=C/C=C(Br)\C=C\COCC. The first-order valence-electron chi connectivity index (χ1n) is 4.05. The fourth-order valence-corrected chi connectivity index (χ4v) is 0.882. The zero-order chi connectivity index (χ0) is 9.94. The molecule has 13 heavy (non-hydrogen) atoms. The molecule has 0 aliphatic carbocycles. The molecule has 0 aromatic rings. The molecule has 0 aliphatic rings. The van der Waals surface area contributed by atoms with Gasteiger partial charge in [0.15, 0.2) is 0 Å². The molecule has 0 unspecified atom stereocenters. The summed E-state index contributed by atoms with van der Waals surface area (Å²) in [5.41, 5.74) is 0. The highest BCUT2D eigenvalue weighted by Crippen LogP contribution is 2.04. The van der Waals surface area contributed by atoms with Gasteiger partial charge in [0.1, 0.15) is 0 Å². The van der Waals surface area contributed by atoms with Crippen LogP contribution in [0.5, 0.6) is 0 Å². The quantitative estimate of drug-likeness (QED) is 0.399. The third-order valence-corrected chi connectivity index (χ3v) is 1.65. The lowest BCUT2D eigenvalue weighted by Gasteiger charge is -1.92. The number of allylic oxidation sites excluding steroid dienone is 3. The molecule has 0 radical (unpaired) electrons. The van der Waals surface area contributed by atoms with Gasteiger partial charge in [-0.05, 0) is 19.1 Å². The number of halogens is 1. The number of hydrogen-bond acceptors (Lipinski definition) is 2. The van der Waals surface area contributed by atoms with Gasteiger partial charge < -0.3 is 4.74 Å². The summed E-state index contributed by atoms with van der Waals surface area (Å²) >= 11 is 3.35. The lowest BCUT2D eigenvalue weighted by molar-refractivity contribution is 0.177. The topological polar surface area (TPSA) is 21.6 Å². The fraction of sp³-hybridized carbons (Fsp3) is 0.300. The summed E-state index contributed by atoms with van der Waals surface area (Å²) < 4.78 is 6.08. The molecule has 0 N–H and O–H groups in total. The zero-order valence-electron chi connectivity index (χ0n) is 7.74. The molecular weight excluding hydrogens is 230 g/mol.